The molecule has 1 saturated heterocycles. The van der Waals surface area contributed by atoms with Crippen LogP contribution in [0.15, 0.2) is 12.1 Å². The second kappa shape index (κ2) is 5.57. The number of benzene rings is 1. The van der Waals surface area contributed by atoms with Gasteiger partial charge in [-0.25, -0.2) is 0 Å². The summed E-state index contributed by atoms with van der Waals surface area (Å²) < 4.78 is 0. The molecule has 1 aliphatic heterocycles. The van der Waals surface area contributed by atoms with Crippen LogP contribution in [0.3, 0.4) is 0 Å². The van der Waals surface area contributed by atoms with Gasteiger partial charge in [0.2, 0.25) is 5.91 Å². The quantitative estimate of drug-likeness (QED) is 0.901. The first-order chi connectivity index (χ1) is 8.97. The molecular weight excluding hydrogens is 289 g/mol. The summed E-state index contributed by atoms with van der Waals surface area (Å²) in [6.45, 7) is 2.08. The molecule has 1 fully saturated rings. The zero-order valence-electron chi connectivity index (χ0n) is 10.4. The number of aliphatic hydroxyl groups excluding tert-OH is 1. The average Bonchev–Trinajstić information content (AvgIpc) is 2.63. The van der Waals surface area contributed by atoms with E-state index in [1.54, 1.807) is 4.90 Å². The van der Waals surface area contributed by atoms with E-state index in [-0.39, 0.29) is 48.2 Å². The highest BCUT2D eigenvalue weighted by Crippen LogP contribution is 2.44. The summed E-state index contributed by atoms with van der Waals surface area (Å²) >= 11 is 12.1. The number of β-amino-alcohol motifs (C(OH)–C–C–N with tert-alkyl or cyclic N) is 1. The molecule has 2 atom stereocenters. The van der Waals surface area contributed by atoms with Gasteiger partial charge in [0.15, 0.2) is 0 Å². The van der Waals surface area contributed by atoms with E-state index in [4.69, 9.17) is 28.3 Å². The summed E-state index contributed by atoms with van der Waals surface area (Å²) in [7, 11) is 0. The Hall–Kier alpha value is -0.970. The summed E-state index contributed by atoms with van der Waals surface area (Å²) in [6.07, 6.45) is 0.259. The van der Waals surface area contributed by atoms with Gasteiger partial charge in [0.1, 0.15) is 5.75 Å². The van der Waals surface area contributed by atoms with E-state index in [9.17, 15) is 9.90 Å². The lowest BCUT2D eigenvalue weighted by atomic mass is 9.91. The Kier molecular flexibility index (Phi) is 4.23. The fourth-order valence-corrected chi connectivity index (χ4v) is 3.07. The van der Waals surface area contributed by atoms with Crippen molar-refractivity contribution in [1.29, 1.82) is 0 Å². The van der Waals surface area contributed by atoms with Crippen LogP contribution in [0.4, 0.5) is 0 Å². The van der Waals surface area contributed by atoms with E-state index in [0.29, 0.717) is 10.6 Å². The Morgan fingerprint density at radius 1 is 1.42 bits per heavy atom. The standard InChI is InChI=1S/C13H15Cl2NO3/c1-7-8(6-11(19)16(7)4-5-17)12-10(18)3-2-9(14)13(12)15/h2-3,7-8,17-18H,4-6H2,1H3/t7-,8-/m1/s1. The molecule has 104 valence electrons. The third-order valence-corrected chi connectivity index (χ3v) is 4.43. The van der Waals surface area contributed by atoms with Gasteiger partial charge in [0.25, 0.3) is 0 Å². The fraction of sp³-hybridized carbons (Fsp3) is 0.462. The van der Waals surface area contributed by atoms with Crippen molar-refractivity contribution in [3.8, 4) is 5.75 Å². The molecule has 0 unspecified atom stereocenters. The predicted molar refractivity (Wildman–Crippen MR) is 73.7 cm³/mol. The van der Waals surface area contributed by atoms with E-state index in [2.05, 4.69) is 0 Å². The van der Waals surface area contributed by atoms with Crippen LogP contribution in [0.25, 0.3) is 0 Å². The smallest absolute Gasteiger partial charge is 0.223 e. The molecule has 2 N–H and O–H groups in total. The Labute approximate surface area is 121 Å². The highest BCUT2D eigenvalue weighted by Gasteiger charge is 2.39. The summed E-state index contributed by atoms with van der Waals surface area (Å²) in [5.41, 5.74) is 0.510. The maximum Gasteiger partial charge on any atom is 0.223 e. The lowest BCUT2D eigenvalue weighted by molar-refractivity contribution is -0.129. The van der Waals surface area contributed by atoms with E-state index in [1.165, 1.54) is 12.1 Å². The number of aromatic hydroxyl groups is 1. The lowest BCUT2D eigenvalue weighted by Gasteiger charge is -2.25. The van der Waals surface area contributed by atoms with Crippen LogP contribution in [0.2, 0.25) is 10.0 Å². The van der Waals surface area contributed by atoms with Gasteiger partial charge in [-0.3, -0.25) is 4.79 Å². The minimum absolute atomic E-state index is 0.0462. The number of aliphatic hydroxyl groups is 1. The third-order valence-electron chi connectivity index (χ3n) is 3.61. The number of likely N-dealkylation sites (tertiary alicyclic amines) is 1. The van der Waals surface area contributed by atoms with Crippen molar-refractivity contribution in [3.05, 3.63) is 27.7 Å². The first kappa shape index (κ1) is 14.4. The van der Waals surface area contributed by atoms with Crippen molar-refractivity contribution >= 4 is 29.1 Å². The van der Waals surface area contributed by atoms with E-state index in [1.807, 2.05) is 6.92 Å². The summed E-state index contributed by atoms with van der Waals surface area (Å²) in [6, 6.07) is 2.87. The van der Waals surface area contributed by atoms with Crippen LogP contribution in [0.5, 0.6) is 5.75 Å². The van der Waals surface area contributed by atoms with Crippen molar-refractivity contribution in [2.24, 2.45) is 0 Å². The number of hydrogen-bond acceptors (Lipinski definition) is 3. The number of amides is 1. The fourth-order valence-electron chi connectivity index (χ4n) is 2.61. The van der Waals surface area contributed by atoms with Crippen LogP contribution in [-0.2, 0) is 4.79 Å². The van der Waals surface area contributed by atoms with Gasteiger partial charge >= 0.3 is 0 Å². The molecule has 0 saturated carbocycles. The molecule has 0 radical (unpaired) electrons. The minimum atomic E-state index is -0.217. The molecule has 1 aliphatic rings. The van der Waals surface area contributed by atoms with Crippen LogP contribution >= 0.6 is 23.2 Å². The Morgan fingerprint density at radius 3 is 2.74 bits per heavy atom. The van der Waals surface area contributed by atoms with Crippen LogP contribution < -0.4 is 0 Å². The Morgan fingerprint density at radius 2 is 2.11 bits per heavy atom. The third kappa shape index (κ3) is 2.53. The molecule has 1 aromatic rings. The van der Waals surface area contributed by atoms with E-state index in [0.717, 1.165) is 0 Å². The predicted octanol–water partition coefficient (Wildman–Crippen LogP) is 2.40. The molecule has 2 rings (SSSR count). The average molecular weight is 304 g/mol. The van der Waals surface area contributed by atoms with Gasteiger partial charge in [0, 0.05) is 30.5 Å². The highest BCUT2D eigenvalue weighted by molar-refractivity contribution is 6.42. The van der Waals surface area contributed by atoms with Gasteiger partial charge in [-0.1, -0.05) is 23.2 Å². The van der Waals surface area contributed by atoms with Crippen molar-refractivity contribution in [1.82, 2.24) is 4.90 Å². The second-order valence-corrected chi connectivity index (χ2v) is 5.44. The zero-order valence-corrected chi connectivity index (χ0v) is 11.9. The maximum absolute atomic E-state index is 11.9. The van der Waals surface area contributed by atoms with Crippen LogP contribution in [0, 0.1) is 0 Å². The van der Waals surface area contributed by atoms with E-state index < -0.39 is 0 Å². The number of carbonyl (C=O) groups excluding carboxylic acids is 1. The molecule has 1 amide bonds. The summed E-state index contributed by atoms with van der Waals surface area (Å²) in [4.78, 5) is 13.5. The van der Waals surface area contributed by atoms with Gasteiger partial charge in [-0.05, 0) is 19.1 Å². The monoisotopic (exact) mass is 303 g/mol. The first-order valence-corrected chi connectivity index (χ1v) is 6.80. The number of phenolic OH excluding ortho intramolecular Hbond substituents is 1. The molecule has 19 heavy (non-hydrogen) atoms. The normalized spacial score (nSPS) is 23.2. The number of halogens is 2. The molecule has 4 nitrogen and oxygen atoms in total. The van der Waals surface area contributed by atoms with Gasteiger partial charge < -0.3 is 15.1 Å². The Bertz CT molecular complexity index is 507. The molecule has 0 spiro atoms. The topological polar surface area (TPSA) is 60.8 Å². The SMILES string of the molecule is C[C@@H]1[C@H](c2c(O)ccc(Cl)c2Cl)CC(=O)N1CCO. The number of nitrogens with zero attached hydrogens (tertiary/aromatic N) is 1. The number of phenols is 1. The zero-order chi connectivity index (χ0) is 14.2. The summed E-state index contributed by atoms with van der Waals surface area (Å²) in [5, 5.41) is 19.6. The molecule has 6 heteroatoms. The molecule has 0 bridgehead atoms. The molecule has 0 aliphatic carbocycles. The van der Waals surface area contributed by atoms with Crippen LogP contribution in [0.1, 0.15) is 24.8 Å². The van der Waals surface area contributed by atoms with Crippen LogP contribution in [-0.4, -0.2) is 40.2 Å². The first-order valence-electron chi connectivity index (χ1n) is 6.04. The second-order valence-electron chi connectivity index (χ2n) is 4.66. The largest absolute Gasteiger partial charge is 0.508 e. The van der Waals surface area contributed by atoms with Crippen molar-refractivity contribution < 1.29 is 15.0 Å². The molecular formula is C13H15Cl2NO3. The van der Waals surface area contributed by atoms with E-state index >= 15 is 0 Å². The molecule has 1 heterocycles. The Balaban J connectivity index is 2.39. The van der Waals surface area contributed by atoms with Crippen molar-refractivity contribution in [2.75, 3.05) is 13.2 Å². The van der Waals surface area contributed by atoms with Crippen molar-refractivity contribution in [3.63, 3.8) is 0 Å². The van der Waals surface area contributed by atoms with Crippen molar-refractivity contribution in [2.45, 2.75) is 25.3 Å². The van der Waals surface area contributed by atoms with Gasteiger partial charge in [0.05, 0.1) is 16.7 Å². The number of rotatable bonds is 3. The minimum Gasteiger partial charge on any atom is -0.508 e. The maximum atomic E-state index is 11.9. The highest BCUT2D eigenvalue weighted by atomic mass is 35.5. The lowest BCUT2D eigenvalue weighted by Crippen LogP contribution is -2.34. The molecule has 1 aromatic carbocycles. The summed E-state index contributed by atoms with van der Waals surface area (Å²) in [5.74, 6) is -0.225. The van der Waals surface area contributed by atoms with Gasteiger partial charge in [-0.2, -0.15) is 0 Å². The van der Waals surface area contributed by atoms with Gasteiger partial charge in [-0.15, -0.1) is 0 Å². The number of carbonyl (C=O) groups is 1. The number of hydrogen-bond donors (Lipinski definition) is 2. The molecule has 0 aromatic heterocycles.